The van der Waals surface area contributed by atoms with Gasteiger partial charge in [0, 0.05) is 73.4 Å². The predicted molar refractivity (Wildman–Crippen MR) is 188 cm³/mol. The molecule has 3 amide bonds. The number of nitrogens with zero attached hydrogens (tertiary/aromatic N) is 4. The van der Waals surface area contributed by atoms with Gasteiger partial charge in [-0.15, -0.1) is 11.3 Å². The zero-order valence-corrected chi connectivity index (χ0v) is 28.8. The molecule has 0 spiro atoms. The first-order valence-corrected chi connectivity index (χ1v) is 17.2. The molecule has 3 N–H and O–H groups in total. The summed E-state index contributed by atoms with van der Waals surface area (Å²) in [6.07, 6.45) is 4.26. The Balaban J connectivity index is 1.36. The number of thiazole rings is 1. The number of amides is 3. The second-order valence-corrected chi connectivity index (χ2v) is 13.7. The smallest absolute Gasteiger partial charge is 0.254 e. The summed E-state index contributed by atoms with van der Waals surface area (Å²) in [7, 11) is 1.70. The maximum Gasteiger partial charge on any atom is 0.254 e. The summed E-state index contributed by atoms with van der Waals surface area (Å²) >= 11 is 1.48. The average molecular weight is 669 g/mol. The Bertz CT molecular complexity index is 1730. The van der Waals surface area contributed by atoms with Crippen molar-refractivity contribution < 1.29 is 19.5 Å². The maximum atomic E-state index is 13.9. The minimum Gasteiger partial charge on any atom is -0.390 e. The molecule has 1 aliphatic rings. The molecule has 1 saturated heterocycles. The van der Waals surface area contributed by atoms with Gasteiger partial charge in [0.1, 0.15) is 5.01 Å². The summed E-state index contributed by atoms with van der Waals surface area (Å²) in [5.74, 6) is -0.416. The van der Waals surface area contributed by atoms with Crippen LogP contribution >= 0.6 is 11.3 Å². The zero-order chi connectivity index (χ0) is 34.2. The molecule has 1 aliphatic heterocycles. The predicted octanol–water partition coefficient (Wildman–Crippen LogP) is 4.86. The molecule has 11 heteroatoms. The lowest BCUT2D eigenvalue weighted by atomic mass is 9.99. The maximum absolute atomic E-state index is 13.9. The van der Waals surface area contributed by atoms with Crippen molar-refractivity contribution in [2.24, 2.45) is 0 Å². The fourth-order valence-electron chi connectivity index (χ4n) is 5.74. The SMILES string of the molecule is Cc1csc(CN(C)C(=O)c2cc(C(=O)N[C@@H](Cc3ccccc3)[C@H](O)CNCc3cncc(C(C)C)c3)cc(N3CCCC3=O)c2)n1. The van der Waals surface area contributed by atoms with Crippen molar-refractivity contribution in [3.63, 3.8) is 0 Å². The Morgan fingerprint density at radius 2 is 1.83 bits per heavy atom. The van der Waals surface area contributed by atoms with Gasteiger partial charge in [0.15, 0.2) is 0 Å². The zero-order valence-electron chi connectivity index (χ0n) is 28.0. The number of benzene rings is 2. The summed E-state index contributed by atoms with van der Waals surface area (Å²) in [6, 6.07) is 16.0. The minimum atomic E-state index is -0.923. The van der Waals surface area contributed by atoms with Crippen molar-refractivity contribution >= 4 is 34.7 Å². The highest BCUT2D eigenvalue weighted by Gasteiger charge is 2.27. The molecule has 0 unspecified atom stereocenters. The second-order valence-electron chi connectivity index (χ2n) is 12.7. The van der Waals surface area contributed by atoms with E-state index in [1.54, 1.807) is 41.2 Å². The van der Waals surface area contributed by atoms with Crippen molar-refractivity contribution in [1.82, 2.24) is 25.5 Å². The van der Waals surface area contributed by atoms with Crippen molar-refractivity contribution in [2.45, 2.75) is 71.2 Å². The summed E-state index contributed by atoms with van der Waals surface area (Å²) in [5.41, 5.74) is 5.05. The topological polar surface area (TPSA) is 128 Å². The molecule has 0 bridgehead atoms. The molecule has 3 heterocycles. The van der Waals surface area contributed by atoms with Crippen LogP contribution in [0, 0.1) is 6.92 Å². The van der Waals surface area contributed by atoms with Crippen LogP contribution in [0.2, 0.25) is 0 Å². The van der Waals surface area contributed by atoms with Crippen LogP contribution in [0.4, 0.5) is 5.69 Å². The number of anilines is 1. The molecule has 10 nitrogen and oxygen atoms in total. The number of aryl methyl sites for hydroxylation is 1. The fourth-order valence-corrected chi connectivity index (χ4v) is 6.57. The third-order valence-electron chi connectivity index (χ3n) is 8.44. The van der Waals surface area contributed by atoms with Crippen molar-refractivity contribution in [1.29, 1.82) is 0 Å². The summed E-state index contributed by atoms with van der Waals surface area (Å²) in [6.45, 7) is 7.73. The van der Waals surface area contributed by atoms with Crippen molar-refractivity contribution in [3.05, 3.63) is 111 Å². The van der Waals surface area contributed by atoms with Gasteiger partial charge in [0.25, 0.3) is 11.8 Å². The number of rotatable bonds is 14. The van der Waals surface area contributed by atoms with Gasteiger partial charge in [-0.2, -0.15) is 0 Å². The molecule has 252 valence electrons. The number of nitrogens with one attached hydrogen (secondary N) is 2. The van der Waals surface area contributed by atoms with Crippen LogP contribution in [0.25, 0.3) is 0 Å². The number of aliphatic hydroxyl groups excluding tert-OH is 1. The van der Waals surface area contributed by atoms with E-state index >= 15 is 0 Å². The Hall–Kier alpha value is -4.45. The summed E-state index contributed by atoms with van der Waals surface area (Å²) in [5, 5.41) is 20.5. The molecule has 2 aromatic heterocycles. The number of hydrogen-bond donors (Lipinski definition) is 3. The van der Waals surface area contributed by atoms with Crippen molar-refractivity contribution in [2.75, 3.05) is 25.0 Å². The lowest BCUT2D eigenvalue weighted by Gasteiger charge is -2.26. The number of hydrogen-bond acceptors (Lipinski definition) is 8. The van der Waals surface area contributed by atoms with E-state index in [-0.39, 0.29) is 23.9 Å². The Morgan fingerprint density at radius 1 is 1.06 bits per heavy atom. The summed E-state index contributed by atoms with van der Waals surface area (Å²) in [4.78, 5) is 52.3. The van der Waals surface area contributed by atoms with Gasteiger partial charge in [0.2, 0.25) is 5.91 Å². The Kier molecular flexibility index (Phi) is 11.7. The van der Waals surface area contributed by atoms with E-state index in [4.69, 9.17) is 0 Å². The normalized spacial score (nSPS) is 14.3. The highest BCUT2D eigenvalue weighted by molar-refractivity contribution is 7.09. The third-order valence-corrected chi connectivity index (χ3v) is 9.39. The van der Waals surface area contributed by atoms with E-state index in [9.17, 15) is 19.5 Å². The molecular formula is C37H44N6O4S. The van der Waals surface area contributed by atoms with E-state index < -0.39 is 18.1 Å². The molecule has 0 saturated carbocycles. The molecule has 0 radical (unpaired) electrons. The van der Waals surface area contributed by atoms with E-state index in [0.717, 1.165) is 27.4 Å². The third kappa shape index (κ3) is 9.12. The highest BCUT2D eigenvalue weighted by Crippen LogP contribution is 2.26. The first kappa shape index (κ1) is 34.9. The fraction of sp³-hybridized carbons (Fsp3) is 0.378. The quantitative estimate of drug-likeness (QED) is 0.175. The number of aliphatic hydroxyl groups is 1. The number of aromatic nitrogens is 2. The molecule has 48 heavy (non-hydrogen) atoms. The van der Waals surface area contributed by atoms with Gasteiger partial charge < -0.3 is 25.5 Å². The number of carbonyl (C=O) groups is 3. The van der Waals surface area contributed by atoms with Crippen LogP contribution in [0.1, 0.15) is 80.7 Å². The summed E-state index contributed by atoms with van der Waals surface area (Å²) < 4.78 is 0. The molecule has 2 aromatic carbocycles. The van der Waals surface area contributed by atoms with Crippen molar-refractivity contribution in [3.8, 4) is 0 Å². The van der Waals surface area contributed by atoms with Gasteiger partial charge >= 0.3 is 0 Å². The van der Waals surface area contributed by atoms with Gasteiger partial charge in [-0.05, 0) is 60.6 Å². The van der Waals surface area contributed by atoms with Crippen LogP contribution in [0.5, 0.6) is 0 Å². The van der Waals surface area contributed by atoms with Crippen LogP contribution in [-0.2, 0) is 24.3 Å². The molecule has 1 fully saturated rings. The van der Waals surface area contributed by atoms with Gasteiger partial charge in [-0.25, -0.2) is 4.98 Å². The number of carbonyl (C=O) groups excluding carboxylic acids is 3. The first-order valence-electron chi connectivity index (χ1n) is 16.4. The van der Waals surface area contributed by atoms with Gasteiger partial charge in [-0.1, -0.05) is 50.2 Å². The molecule has 4 aromatic rings. The minimum absolute atomic E-state index is 0.0462. The van der Waals surface area contributed by atoms with E-state index in [0.29, 0.717) is 56.1 Å². The number of pyridine rings is 1. The van der Waals surface area contributed by atoms with E-state index in [1.807, 2.05) is 48.8 Å². The molecule has 5 rings (SSSR count). The second kappa shape index (κ2) is 16.1. The first-order chi connectivity index (χ1) is 23.1. The lowest BCUT2D eigenvalue weighted by molar-refractivity contribution is -0.117. The van der Waals surface area contributed by atoms with Crippen LogP contribution in [0.3, 0.4) is 0 Å². The molecular weight excluding hydrogens is 625 g/mol. The average Bonchev–Trinajstić information content (AvgIpc) is 3.71. The Morgan fingerprint density at radius 3 is 2.52 bits per heavy atom. The van der Waals surface area contributed by atoms with Crippen LogP contribution in [0.15, 0.2) is 72.4 Å². The lowest BCUT2D eigenvalue weighted by Crippen LogP contribution is -2.48. The Labute approximate surface area is 286 Å². The van der Waals surface area contributed by atoms with Gasteiger partial charge in [-0.3, -0.25) is 19.4 Å². The largest absolute Gasteiger partial charge is 0.390 e. The standard InChI is InChI=1S/C37H44N6O4S/c1-24(2)30-13-27(18-38-20-30)19-39-21-33(44)32(14-26-9-6-5-7-10-26)41-36(46)28-15-29(17-31(16-28)43-12-8-11-35(43)45)37(47)42(4)22-34-40-25(3)23-48-34/h5-7,9-10,13,15-18,20,23-24,32-33,39,44H,8,11-12,14,19,21-22H2,1-4H3,(H,41,46)/t32-,33+/m0/s1. The molecule has 2 atom stereocenters. The van der Waals surface area contributed by atoms with Gasteiger partial charge in [0.05, 0.1) is 18.7 Å². The monoisotopic (exact) mass is 668 g/mol. The molecule has 0 aliphatic carbocycles. The van der Waals surface area contributed by atoms with Crippen LogP contribution < -0.4 is 15.5 Å². The highest BCUT2D eigenvalue weighted by atomic mass is 32.1. The van der Waals surface area contributed by atoms with E-state index in [2.05, 4.69) is 40.5 Å². The van der Waals surface area contributed by atoms with E-state index in [1.165, 1.54) is 11.3 Å². The van der Waals surface area contributed by atoms with Crippen LogP contribution in [-0.4, -0.2) is 70.0 Å².